The molecule has 2 nitrogen and oxygen atoms in total. The lowest BCUT2D eigenvalue weighted by Gasteiger charge is -2.34. The molecule has 0 amide bonds. The molecule has 0 aliphatic heterocycles. The molecule has 2 aliphatic rings. The molecule has 0 radical (unpaired) electrons. The normalized spacial score (nSPS) is 12.5. The van der Waals surface area contributed by atoms with E-state index in [9.17, 15) is 0 Å². The molecular weight excluding hydrogens is 1020 g/mol. The summed E-state index contributed by atoms with van der Waals surface area (Å²) in [6.07, 6.45) is 0. The van der Waals surface area contributed by atoms with Crippen LogP contribution in [0.4, 0.5) is 34.1 Å². The highest BCUT2D eigenvalue weighted by molar-refractivity contribution is 5.98. The van der Waals surface area contributed by atoms with Crippen molar-refractivity contribution in [3.63, 3.8) is 0 Å². The van der Waals surface area contributed by atoms with Gasteiger partial charge in [-0.2, -0.15) is 0 Å². The monoisotopic (exact) mass is 1090 g/mol. The second-order valence-corrected chi connectivity index (χ2v) is 24.3. The zero-order chi connectivity index (χ0) is 58.1. The van der Waals surface area contributed by atoms with Gasteiger partial charge in [-0.3, -0.25) is 0 Å². The number of anilines is 6. The lowest BCUT2D eigenvalue weighted by Crippen LogP contribution is -2.27. The Morgan fingerprint density at radius 2 is 0.388 bits per heavy atom. The first kappa shape index (κ1) is 53.3. The van der Waals surface area contributed by atoms with Crippen molar-refractivity contribution in [3.8, 4) is 22.3 Å². The van der Waals surface area contributed by atoms with Crippen LogP contribution >= 0.6 is 0 Å². The summed E-state index contributed by atoms with van der Waals surface area (Å²) in [7, 11) is 0. The first-order valence-electron chi connectivity index (χ1n) is 30.1. The molecular formula is C83H70N2. The highest BCUT2D eigenvalue weighted by Gasteiger charge is 2.53. The first-order chi connectivity index (χ1) is 41.4. The van der Waals surface area contributed by atoms with Crippen LogP contribution in [0.25, 0.3) is 22.3 Å². The second kappa shape index (κ2) is 21.5. The van der Waals surface area contributed by atoms with E-state index >= 15 is 0 Å². The van der Waals surface area contributed by atoms with Gasteiger partial charge in [0.25, 0.3) is 0 Å². The van der Waals surface area contributed by atoms with Crippen LogP contribution in [-0.4, -0.2) is 0 Å². The zero-order valence-corrected chi connectivity index (χ0v) is 50.0. The molecule has 12 aromatic rings. The molecule has 12 aromatic carbocycles. The maximum absolute atomic E-state index is 2.62. The number of rotatable bonds is 12. The summed E-state index contributed by atoms with van der Waals surface area (Å²) in [6.45, 7) is 17.4. The van der Waals surface area contributed by atoms with E-state index < -0.39 is 5.41 Å². The van der Waals surface area contributed by atoms with E-state index in [1.807, 2.05) is 0 Å². The fourth-order valence-corrected chi connectivity index (χ4v) is 13.7. The van der Waals surface area contributed by atoms with Gasteiger partial charge in [0.05, 0.1) is 5.41 Å². The first-order valence-corrected chi connectivity index (χ1v) is 30.1. The van der Waals surface area contributed by atoms with E-state index in [0.717, 1.165) is 34.1 Å². The Hall–Kier alpha value is -9.76. The van der Waals surface area contributed by atoms with E-state index in [0.29, 0.717) is 0 Å². The van der Waals surface area contributed by atoms with E-state index in [2.05, 4.69) is 332 Å². The van der Waals surface area contributed by atoms with Crippen molar-refractivity contribution >= 4 is 34.1 Å². The molecule has 2 heteroatoms. The quantitative estimate of drug-likeness (QED) is 0.113. The molecule has 0 saturated carbocycles. The lowest BCUT2D eigenvalue weighted by atomic mass is 9.69. The summed E-state index contributed by atoms with van der Waals surface area (Å²) < 4.78 is 0. The van der Waals surface area contributed by atoms with Crippen LogP contribution in [0.15, 0.2) is 267 Å². The number of nitrogens with zero attached hydrogens (tertiary/aromatic N) is 2. The van der Waals surface area contributed by atoms with Gasteiger partial charge in [0.2, 0.25) is 0 Å². The topological polar surface area (TPSA) is 6.48 Å². The van der Waals surface area contributed by atoms with Gasteiger partial charge in [0, 0.05) is 46.0 Å². The molecule has 0 aromatic heterocycles. The third-order valence-electron chi connectivity index (χ3n) is 18.3. The maximum atomic E-state index is 2.62. The predicted octanol–water partition coefficient (Wildman–Crippen LogP) is 21.8. The summed E-state index contributed by atoms with van der Waals surface area (Å²) >= 11 is 0. The Balaban J connectivity index is 1.10. The average molecular weight is 1100 g/mol. The molecule has 1 spiro atoms. The number of benzene rings is 12. The molecule has 0 saturated heterocycles. The standard InChI is InChI=1S/C83H70N2/c1-53-9-25-61(26-10-53)81(62-27-11-54(2)12-28-62)65-33-45-73-74-46-34-66(82(63-29-13-55(3)14-30-63)64-31-15-56(4)16-32-64)50-78(74)83(77(73)49-65)79-51-71(84(67-35-17-57(5)18-36-67)68-37-19-58(6)20-38-68)43-47-75(79)76-48-44-72(52-80(76)83)85(69-39-21-59(7)22-40-69)70-41-23-60(8)24-42-70/h9-52,81-82H,1-8H3. The fourth-order valence-electron chi connectivity index (χ4n) is 13.7. The van der Waals surface area contributed by atoms with Gasteiger partial charge in [0.15, 0.2) is 0 Å². The predicted molar refractivity (Wildman–Crippen MR) is 358 cm³/mol. The van der Waals surface area contributed by atoms with E-state index in [1.165, 1.54) is 122 Å². The van der Waals surface area contributed by atoms with Gasteiger partial charge < -0.3 is 9.80 Å². The summed E-state index contributed by atoms with van der Waals surface area (Å²) in [5.74, 6) is -0.0455. The summed E-state index contributed by atoms with van der Waals surface area (Å²) in [5, 5.41) is 0. The summed E-state index contributed by atoms with van der Waals surface area (Å²) in [5.41, 5.74) is 33.6. The van der Waals surface area contributed by atoms with Crippen molar-refractivity contribution in [3.05, 3.63) is 367 Å². The highest BCUT2D eigenvalue weighted by atomic mass is 15.1. The van der Waals surface area contributed by atoms with E-state index in [1.54, 1.807) is 0 Å². The second-order valence-electron chi connectivity index (χ2n) is 24.3. The number of hydrogen-bond donors (Lipinski definition) is 0. The lowest BCUT2D eigenvalue weighted by molar-refractivity contribution is 0.785. The van der Waals surface area contributed by atoms with Gasteiger partial charge in [-0.25, -0.2) is 0 Å². The molecule has 0 atom stereocenters. The van der Waals surface area contributed by atoms with Gasteiger partial charge in [-0.05, 0) is 206 Å². The number of hydrogen-bond acceptors (Lipinski definition) is 2. The van der Waals surface area contributed by atoms with Crippen LogP contribution in [0.1, 0.15) is 112 Å². The summed E-state index contributed by atoms with van der Waals surface area (Å²) in [6, 6.07) is 103. The molecule has 2 aliphatic carbocycles. The number of aryl methyl sites for hydroxylation is 8. The van der Waals surface area contributed by atoms with Crippen molar-refractivity contribution < 1.29 is 0 Å². The Bertz CT molecular complexity index is 3670. The van der Waals surface area contributed by atoms with Crippen molar-refractivity contribution in [1.29, 1.82) is 0 Å². The van der Waals surface area contributed by atoms with Gasteiger partial charge in [-0.1, -0.05) is 239 Å². The average Bonchev–Trinajstić information content (AvgIpc) is 1.63. The van der Waals surface area contributed by atoms with Crippen molar-refractivity contribution in [2.24, 2.45) is 0 Å². The zero-order valence-electron chi connectivity index (χ0n) is 50.0. The Kier molecular flexibility index (Phi) is 13.4. The fraction of sp³-hybridized carbons (Fsp3) is 0.133. The van der Waals surface area contributed by atoms with Crippen LogP contribution in [0.3, 0.4) is 0 Å². The molecule has 0 bridgehead atoms. The number of fused-ring (bicyclic) bond motifs is 10. The van der Waals surface area contributed by atoms with E-state index in [-0.39, 0.29) is 11.8 Å². The smallest absolute Gasteiger partial charge is 0.0727 e. The third kappa shape index (κ3) is 9.47. The molecule has 0 fully saturated rings. The molecule has 0 N–H and O–H groups in total. The molecule has 412 valence electrons. The van der Waals surface area contributed by atoms with Crippen molar-refractivity contribution in [2.75, 3.05) is 9.80 Å². The minimum absolute atomic E-state index is 0.0228. The molecule has 14 rings (SSSR count). The maximum Gasteiger partial charge on any atom is 0.0727 e. The van der Waals surface area contributed by atoms with Gasteiger partial charge >= 0.3 is 0 Å². The van der Waals surface area contributed by atoms with Crippen LogP contribution in [0.5, 0.6) is 0 Å². The van der Waals surface area contributed by atoms with Crippen LogP contribution in [-0.2, 0) is 5.41 Å². The Morgan fingerprint density at radius 1 is 0.200 bits per heavy atom. The minimum atomic E-state index is -0.790. The molecule has 0 heterocycles. The molecule has 85 heavy (non-hydrogen) atoms. The van der Waals surface area contributed by atoms with Gasteiger partial charge in [-0.15, -0.1) is 0 Å². The Labute approximate surface area is 503 Å². The van der Waals surface area contributed by atoms with Crippen LogP contribution in [0.2, 0.25) is 0 Å². The third-order valence-corrected chi connectivity index (χ3v) is 18.3. The summed E-state index contributed by atoms with van der Waals surface area (Å²) in [4.78, 5) is 4.91. The molecule has 0 unspecified atom stereocenters. The van der Waals surface area contributed by atoms with Crippen molar-refractivity contribution in [1.82, 2.24) is 0 Å². The van der Waals surface area contributed by atoms with Crippen molar-refractivity contribution in [2.45, 2.75) is 72.6 Å². The van der Waals surface area contributed by atoms with Gasteiger partial charge in [0.1, 0.15) is 0 Å². The van der Waals surface area contributed by atoms with Crippen LogP contribution in [0, 0.1) is 55.4 Å². The largest absolute Gasteiger partial charge is 0.310 e. The SMILES string of the molecule is Cc1ccc(C(c2ccc(C)cc2)c2ccc3c(c2)C2(c4cc(C(c5ccc(C)cc5)c5ccc(C)cc5)ccc4-3)c3cc(N(c4ccc(C)cc4)c4ccc(C)cc4)ccc3-c3ccc(N(c4ccc(C)cc4)c4ccc(C)cc4)cc32)cc1. The highest BCUT2D eigenvalue weighted by Crippen LogP contribution is 2.65. The Morgan fingerprint density at radius 3 is 0.635 bits per heavy atom. The van der Waals surface area contributed by atoms with Crippen LogP contribution < -0.4 is 9.80 Å². The minimum Gasteiger partial charge on any atom is -0.310 e. The van der Waals surface area contributed by atoms with E-state index in [4.69, 9.17) is 0 Å².